The van der Waals surface area contributed by atoms with Crippen molar-refractivity contribution in [3.63, 3.8) is 0 Å². The van der Waals surface area contributed by atoms with Crippen LogP contribution in [-0.2, 0) is 10.0 Å². The molecule has 0 aromatic heterocycles. The molecule has 0 aromatic carbocycles. The Labute approximate surface area is 79.8 Å². The number of hydrogen-bond donors (Lipinski definition) is 0. The second kappa shape index (κ2) is 5.78. The fourth-order valence-electron chi connectivity index (χ4n) is 0.872. The van der Waals surface area contributed by atoms with E-state index in [1.807, 2.05) is 6.92 Å². The standard InChI is InChI=1S/C7H16ClNO2S/c1-3-4-6-9(7-5-8)12(2,10)11/h3-7H2,1-2H3. The highest BCUT2D eigenvalue weighted by Crippen LogP contribution is 2.01. The van der Waals surface area contributed by atoms with Crippen molar-refractivity contribution in [1.82, 2.24) is 4.31 Å². The predicted molar refractivity (Wildman–Crippen MR) is 52.0 cm³/mol. The van der Waals surface area contributed by atoms with Crippen molar-refractivity contribution in [2.45, 2.75) is 19.8 Å². The molecular formula is C7H16ClNO2S. The van der Waals surface area contributed by atoms with Gasteiger partial charge in [-0.15, -0.1) is 11.6 Å². The van der Waals surface area contributed by atoms with Crippen LogP contribution in [0.2, 0.25) is 0 Å². The quantitative estimate of drug-likeness (QED) is 0.624. The maximum Gasteiger partial charge on any atom is 0.211 e. The molecule has 74 valence electrons. The van der Waals surface area contributed by atoms with Gasteiger partial charge in [0.25, 0.3) is 0 Å². The Morgan fingerprint density at radius 3 is 2.25 bits per heavy atom. The van der Waals surface area contributed by atoms with E-state index in [-0.39, 0.29) is 0 Å². The van der Waals surface area contributed by atoms with Gasteiger partial charge in [-0.25, -0.2) is 12.7 Å². The molecule has 12 heavy (non-hydrogen) atoms. The molecule has 0 amide bonds. The van der Waals surface area contributed by atoms with Crippen molar-refractivity contribution in [3.8, 4) is 0 Å². The van der Waals surface area contributed by atoms with Gasteiger partial charge in [0.1, 0.15) is 0 Å². The lowest BCUT2D eigenvalue weighted by Gasteiger charge is -2.17. The van der Waals surface area contributed by atoms with E-state index < -0.39 is 10.0 Å². The summed E-state index contributed by atoms with van der Waals surface area (Å²) in [5, 5.41) is 0. The molecule has 0 unspecified atom stereocenters. The van der Waals surface area contributed by atoms with Crippen LogP contribution in [0.4, 0.5) is 0 Å². The highest BCUT2D eigenvalue weighted by atomic mass is 35.5. The summed E-state index contributed by atoms with van der Waals surface area (Å²) >= 11 is 5.48. The van der Waals surface area contributed by atoms with Gasteiger partial charge in [0, 0.05) is 19.0 Å². The van der Waals surface area contributed by atoms with Crippen molar-refractivity contribution < 1.29 is 8.42 Å². The Bertz CT molecular complexity index is 203. The third-order valence-electron chi connectivity index (χ3n) is 1.56. The van der Waals surface area contributed by atoms with Crippen LogP contribution in [0.15, 0.2) is 0 Å². The molecule has 0 N–H and O–H groups in total. The highest BCUT2D eigenvalue weighted by Gasteiger charge is 2.14. The van der Waals surface area contributed by atoms with Crippen LogP contribution in [0, 0.1) is 0 Å². The van der Waals surface area contributed by atoms with Crippen molar-refractivity contribution in [2.24, 2.45) is 0 Å². The Kier molecular flexibility index (Phi) is 5.88. The zero-order valence-electron chi connectivity index (χ0n) is 7.59. The Hall–Kier alpha value is 0.200. The second-order valence-electron chi connectivity index (χ2n) is 2.70. The molecule has 0 rings (SSSR count). The number of rotatable bonds is 6. The largest absolute Gasteiger partial charge is 0.213 e. The summed E-state index contributed by atoms with van der Waals surface area (Å²) in [7, 11) is -3.05. The molecule has 0 aliphatic heterocycles. The predicted octanol–water partition coefficient (Wildman–Crippen LogP) is 1.29. The monoisotopic (exact) mass is 213 g/mol. The van der Waals surface area contributed by atoms with E-state index in [1.54, 1.807) is 0 Å². The van der Waals surface area contributed by atoms with Gasteiger partial charge in [-0.05, 0) is 6.42 Å². The summed E-state index contributed by atoms with van der Waals surface area (Å²) in [6, 6.07) is 0. The summed E-state index contributed by atoms with van der Waals surface area (Å²) < 4.78 is 23.6. The van der Waals surface area contributed by atoms with Crippen molar-refractivity contribution in [1.29, 1.82) is 0 Å². The Morgan fingerprint density at radius 2 is 1.92 bits per heavy atom. The summed E-state index contributed by atoms with van der Waals surface area (Å²) in [6.07, 6.45) is 3.10. The third kappa shape index (κ3) is 4.95. The molecule has 0 spiro atoms. The Balaban J connectivity index is 4.05. The summed E-state index contributed by atoms with van der Waals surface area (Å²) in [5.41, 5.74) is 0. The lowest BCUT2D eigenvalue weighted by atomic mass is 10.3. The molecule has 0 atom stereocenters. The van der Waals surface area contributed by atoms with Gasteiger partial charge >= 0.3 is 0 Å². The second-order valence-corrected chi connectivity index (χ2v) is 5.06. The molecule has 0 radical (unpaired) electrons. The molecule has 0 aliphatic rings. The lowest BCUT2D eigenvalue weighted by Crippen LogP contribution is -2.32. The number of sulfonamides is 1. The average Bonchev–Trinajstić information content (AvgIpc) is 1.95. The highest BCUT2D eigenvalue weighted by molar-refractivity contribution is 7.88. The minimum absolute atomic E-state index is 0.358. The molecule has 5 heteroatoms. The van der Waals surface area contributed by atoms with Crippen LogP contribution in [0.3, 0.4) is 0 Å². The van der Waals surface area contributed by atoms with E-state index >= 15 is 0 Å². The zero-order valence-corrected chi connectivity index (χ0v) is 9.16. The van der Waals surface area contributed by atoms with Crippen LogP contribution >= 0.6 is 11.6 Å². The van der Waals surface area contributed by atoms with Crippen LogP contribution < -0.4 is 0 Å². The van der Waals surface area contributed by atoms with Crippen LogP contribution in [0.1, 0.15) is 19.8 Å². The number of halogens is 1. The SMILES string of the molecule is CCCCN(CCCl)S(C)(=O)=O. The maximum absolute atomic E-state index is 11.1. The molecule has 0 bridgehead atoms. The molecule has 0 fully saturated rings. The number of alkyl halides is 1. The molecular weight excluding hydrogens is 198 g/mol. The Morgan fingerprint density at radius 1 is 1.33 bits per heavy atom. The van der Waals surface area contributed by atoms with Crippen molar-refractivity contribution in [2.75, 3.05) is 25.2 Å². The van der Waals surface area contributed by atoms with Crippen LogP contribution in [0.25, 0.3) is 0 Å². The summed E-state index contributed by atoms with van der Waals surface area (Å²) in [6.45, 7) is 3.03. The molecule has 0 saturated carbocycles. The van der Waals surface area contributed by atoms with Gasteiger partial charge < -0.3 is 0 Å². The van der Waals surface area contributed by atoms with Gasteiger partial charge in [-0.2, -0.15) is 0 Å². The van der Waals surface area contributed by atoms with E-state index in [0.29, 0.717) is 19.0 Å². The molecule has 0 aromatic rings. The van der Waals surface area contributed by atoms with E-state index in [0.717, 1.165) is 12.8 Å². The summed E-state index contributed by atoms with van der Waals surface area (Å²) in [5.74, 6) is 0.358. The van der Waals surface area contributed by atoms with E-state index in [4.69, 9.17) is 11.6 Å². The first-order valence-electron chi connectivity index (χ1n) is 4.03. The minimum atomic E-state index is -3.05. The van der Waals surface area contributed by atoms with Crippen LogP contribution in [0.5, 0.6) is 0 Å². The molecule has 3 nitrogen and oxygen atoms in total. The fourth-order valence-corrected chi connectivity index (χ4v) is 2.06. The van der Waals surface area contributed by atoms with Gasteiger partial charge in [0.2, 0.25) is 10.0 Å². The molecule has 0 aliphatic carbocycles. The number of nitrogens with zero attached hydrogens (tertiary/aromatic N) is 1. The fraction of sp³-hybridized carbons (Fsp3) is 1.00. The van der Waals surface area contributed by atoms with E-state index in [1.165, 1.54) is 10.6 Å². The lowest BCUT2D eigenvalue weighted by molar-refractivity contribution is 0.424. The first-order valence-corrected chi connectivity index (χ1v) is 6.41. The number of hydrogen-bond acceptors (Lipinski definition) is 2. The minimum Gasteiger partial charge on any atom is -0.213 e. The van der Waals surface area contributed by atoms with Crippen molar-refractivity contribution in [3.05, 3.63) is 0 Å². The average molecular weight is 214 g/mol. The first kappa shape index (κ1) is 12.2. The van der Waals surface area contributed by atoms with Crippen LogP contribution in [-0.4, -0.2) is 37.9 Å². The van der Waals surface area contributed by atoms with E-state index in [2.05, 4.69) is 0 Å². The topological polar surface area (TPSA) is 37.4 Å². The van der Waals surface area contributed by atoms with E-state index in [9.17, 15) is 8.42 Å². The van der Waals surface area contributed by atoms with Gasteiger partial charge in [0.05, 0.1) is 6.26 Å². The number of unbranched alkanes of at least 4 members (excludes halogenated alkanes) is 1. The normalized spacial score (nSPS) is 12.3. The first-order chi connectivity index (χ1) is 5.52. The maximum atomic E-state index is 11.1. The van der Waals surface area contributed by atoms with Crippen molar-refractivity contribution >= 4 is 21.6 Å². The molecule has 0 saturated heterocycles. The third-order valence-corrected chi connectivity index (χ3v) is 3.04. The van der Waals surface area contributed by atoms with Gasteiger partial charge in [-0.1, -0.05) is 13.3 Å². The van der Waals surface area contributed by atoms with Gasteiger partial charge in [-0.3, -0.25) is 0 Å². The van der Waals surface area contributed by atoms with Gasteiger partial charge in [0.15, 0.2) is 0 Å². The molecule has 0 heterocycles. The summed E-state index contributed by atoms with van der Waals surface area (Å²) in [4.78, 5) is 0. The zero-order chi connectivity index (χ0) is 9.61. The smallest absolute Gasteiger partial charge is 0.211 e.